The molecule has 0 amide bonds. The maximum absolute atomic E-state index is 12.7. The van der Waals surface area contributed by atoms with Crippen LogP contribution >= 0.6 is 0 Å². The van der Waals surface area contributed by atoms with Crippen LogP contribution in [-0.4, -0.2) is 33.6 Å². The zero-order valence-corrected chi connectivity index (χ0v) is 15.5. The number of halogens is 6. The summed E-state index contributed by atoms with van der Waals surface area (Å²) in [6.07, 6.45) is 0. The summed E-state index contributed by atoms with van der Waals surface area (Å²) in [5.74, 6) is -3.33. The second-order valence-electron chi connectivity index (χ2n) is 5.65. The van der Waals surface area contributed by atoms with E-state index in [1.807, 2.05) is 0 Å². The molecular formula is C15H6F6O7S2. The molecule has 0 fully saturated rings. The van der Waals surface area contributed by atoms with Crippen LogP contribution in [0.1, 0.15) is 15.9 Å². The summed E-state index contributed by atoms with van der Waals surface area (Å²) < 4.78 is 129. The SMILES string of the molecule is O=C1c2ccccc2-c2c(OS(=O)(=O)C(F)(F)F)ccc(OS(=O)(=O)C(F)(F)F)c21. The molecule has 0 N–H and O–H groups in total. The van der Waals surface area contributed by atoms with Crippen molar-refractivity contribution in [3.8, 4) is 22.6 Å². The smallest absolute Gasteiger partial charge is 0.375 e. The molecule has 0 spiro atoms. The van der Waals surface area contributed by atoms with Crippen LogP contribution in [0.25, 0.3) is 11.1 Å². The van der Waals surface area contributed by atoms with Gasteiger partial charge in [0.25, 0.3) is 0 Å². The minimum absolute atomic E-state index is 0.195. The van der Waals surface area contributed by atoms with Crippen molar-refractivity contribution in [2.24, 2.45) is 0 Å². The van der Waals surface area contributed by atoms with Gasteiger partial charge in [0.1, 0.15) is 0 Å². The number of hydrogen-bond acceptors (Lipinski definition) is 7. The van der Waals surface area contributed by atoms with Crippen LogP contribution in [0.2, 0.25) is 0 Å². The van der Waals surface area contributed by atoms with E-state index < -0.39 is 59.7 Å². The molecule has 0 bridgehead atoms. The van der Waals surface area contributed by atoms with Crippen molar-refractivity contribution in [3.05, 3.63) is 47.5 Å². The molecule has 0 aliphatic heterocycles. The van der Waals surface area contributed by atoms with Crippen molar-refractivity contribution in [2.75, 3.05) is 0 Å². The topological polar surface area (TPSA) is 104 Å². The van der Waals surface area contributed by atoms with Crippen LogP contribution in [0.5, 0.6) is 11.5 Å². The first-order valence-corrected chi connectivity index (χ1v) is 10.2. The molecule has 2 aromatic rings. The average Bonchev–Trinajstić information content (AvgIpc) is 2.89. The molecular weight excluding hydrogens is 470 g/mol. The van der Waals surface area contributed by atoms with Gasteiger partial charge in [0, 0.05) is 11.1 Å². The number of hydrogen-bond donors (Lipinski definition) is 0. The second-order valence-corrected chi connectivity index (χ2v) is 8.73. The van der Waals surface area contributed by atoms with Crippen molar-refractivity contribution in [1.82, 2.24) is 0 Å². The molecule has 2 aromatic carbocycles. The van der Waals surface area contributed by atoms with Crippen LogP contribution in [0, 0.1) is 0 Å². The highest BCUT2D eigenvalue weighted by Gasteiger charge is 2.51. The van der Waals surface area contributed by atoms with Gasteiger partial charge in [-0.05, 0) is 17.7 Å². The molecule has 30 heavy (non-hydrogen) atoms. The molecule has 0 radical (unpaired) electrons. The Labute approximate surface area is 164 Å². The first-order valence-electron chi connectivity index (χ1n) is 7.39. The van der Waals surface area contributed by atoms with Gasteiger partial charge in [-0.3, -0.25) is 4.79 Å². The van der Waals surface area contributed by atoms with Gasteiger partial charge in [0.2, 0.25) is 0 Å². The van der Waals surface area contributed by atoms with Crippen molar-refractivity contribution in [1.29, 1.82) is 0 Å². The third-order valence-corrected chi connectivity index (χ3v) is 5.69. The Balaban J connectivity index is 2.25. The van der Waals surface area contributed by atoms with Crippen LogP contribution in [0.4, 0.5) is 26.3 Å². The van der Waals surface area contributed by atoms with Gasteiger partial charge in [0.05, 0.1) is 5.56 Å². The number of ketones is 1. The Hall–Kier alpha value is -2.81. The van der Waals surface area contributed by atoms with E-state index in [9.17, 15) is 48.0 Å². The molecule has 15 heteroatoms. The fourth-order valence-corrected chi connectivity index (χ4v) is 3.50. The summed E-state index contributed by atoms with van der Waals surface area (Å²) in [5, 5.41) is 0. The highest BCUT2D eigenvalue weighted by Crippen LogP contribution is 2.48. The first-order chi connectivity index (χ1) is 13.6. The Morgan fingerprint density at radius 1 is 0.633 bits per heavy atom. The minimum Gasteiger partial charge on any atom is -0.375 e. The molecule has 0 heterocycles. The summed E-state index contributed by atoms with van der Waals surface area (Å²) in [6.45, 7) is 0. The molecule has 1 aliphatic rings. The maximum Gasteiger partial charge on any atom is 0.534 e. The molecule has 0 atom stereocenters. The predicted octanol–water partition coefficient (Wildman–Crippen LogP) is 3.35. The Kier molecular flexibility index (Phi) is 4.81. The lowest BCUT2D eigenvalue weighted by Gasteiger charge is -2.15. The highest BCUT2D eigenvalue weighted by atomic mass is 32.2. The fraction of sp³-hybridized carbons (Fsp3) is 0.133. The number of carbonyl (C=O) groups is 1. The van der Waals surface area contributed by atoms with Gasteiger partial charge in [-0.2, -0.15) is 43.2 Å². The number of fused-ring (bicyclic) bond motifs is 3. The zero-order chi connectivity index (χ0) is 22.7. The van der Waals surface area contributed by atoms with Gasteiger partial charge in [-0.25, -0.2) is 0 Å². The second kappa shape index (κ2) is 6.60. The van der Waals surface area contributed by atoms with Crippen LogP contribution in [0.3, 0.4) is 0 Å². The summed E-state index contributed by atoms with van der Waals surface area (Å²) in [7, 11) is -12.5. The summed E-state index contributed by atoms with van der Waals surface area (Å²) >= 11 is 0. The Morgan fingerprint density at radius 3 is 1.47 bits per heavy atom. The van der Waals surface area contributed by atoms with E-state index in [1.165, 1.54) is 12.1 Å². The Morgan fingerprint density at radius 2 is 1.03 bits per heavy atom. The first kappa shape index (κ1) is 21.9. The summed E-state index contributed by atoms with van der Waals surface area (Å²) in [6, 6.07) is 5.72. The van der Waals surface area contributed by atoms with E-state index in [-0.39, 0.29) is 11.1 Å². The lowest BCUT2D eigenvalue weighted by atomic mass is 10.0. The van der Waals surface area contributed by atoms with Gasteiger partial charge >= 0.3 is 31.3 Å². The molecule has 0 unspecified atom stereocenters. The third-order valence-electron chi connectivity index (χ3n) is 3.76. The monoisotopic (exact) mass is 476 g/mol. The molecule has 3 rings (SSSR count). The average molecular weight is 476 g/mol. The van der Waals surface area contributed by atoms with Crippen LogP contribution in [-0.2, 0) is 20.2 Å². The van der Waals surface area contributed by atoms with E-state index >= 15 is 0 Å². The van der Waals surface area contributed by atoms with Gasteiger partial charge in [-0.15, -0.1) is 0 Å². The van der Waals surface area contributed by atoms with Gasteiger partial charge in [0.15, 0.2) is 17.3 Å². The van der Waals surface area contributed by atoms with E-state index in [4.69, 9.17) is 0 Å². The highest BCUT2D eigenvalue weighted by molar-refractivity contribution is 7.88. The van der Waals surface area contributed by atoms with Crippen molar-refractivity contribution >= 4 is 26.0 Å². The lowest BCUT2D eigenvalue weighted by Crippen LogP contribution is -2.29. The predicted molar refractivity (Wildman–Crippen MR) is 86.5 cm³/mol. The molecule has 0 saturated carbocycles. The van der Waals surface area contributed by atoms with E-state index in [2.05, 4.69) is 8.37 Å². The third kappa shape index (κ3) is 3.47. The summed E-state index contributed by atoms with van der Waals surface area (Å²) in [5.41, 5.74) is -13.7. The summed E-state index contributed by atoms with van der Waals surface area (Å²) in [4.78, 5) is 12.6. The minimum atomic E-state index is -6.25. The maximum atomic E-state index is 12.7. The van der Waals surface area contributed by atoms with Gasteiger partial charge in [-0.1, -0.05) is 24.3 Å². The number of rotatable bonds is 4. The number of benzene rings is 2. The van der Waals surface area contributed by atoms with Crippen molar-refractivity contribution in [2.45, 2.75) is 11.0 Å². The largest absolute Gasteiger partial charge is 0.534 e. The number of alkyl halides is 6. The van der Waals surface area contributed by atoms with Gasteiger partial charge < -0.3 is 8.37 Å². The van der Waals surface area contributed by atoms with E-state index in [0.29, 0.717) is 12.1 Å². The number of carbonyl (C=O) groups excluding carboxylic acids is 1. The zero-order valence-electron chi connectivity index (χ0n) is 13.9. The fourth-order valence-electron chi connectivity index (χ4n) is 2.56. The normalized spacial score (nSPS) is 14.3. The molecule has 7 nitrogen and oxygen atoms in total. The quantitative estimate of drug-likeness (QED) is 0.323. The molecule has 0 saturated heterocycles. The molecule has 162 valence electrons. The van der Waals surface area contributed by atoms with Crippen molar-refractivity contribution in [3.63, 3.8) is 0 Å². The lowest BCUT2D eigenvalue weighted by molar-refractivity contribution is -0.0505. The van der Waals surface area contributed by atoms with E-state index in [0.717, 1.165) is 12.1 Å². The van der Waals surface area contributed by atoms with Crippen LogP contribution < -0.4 is 8.37 Å². The van der Waals surface area contributed by atoms with Crippen molar-refractivity contribution < 1.29 is 56.3 Å². The Bertz CT molecular complexity index is 1260. The van der Waals surface area contributed by atoms with Crippen LogP contribution in [0.15, 0.2) is 36.4 Å². The standard InChI is InChI=1S/C15H6F6O7S2/c16-14(17,18)29(23,24)27-9-5-6-10(28-30(25,26)15(19,20)21)12-11(9)7-3-1-2-4-8(7)13(12)22/h1-6H. The van der Waals surface area contributed by atoms with E-state index in [1.54, 1.807) is 0 Å². The molecule has 1 aliphatic carbocycles. The molecule has 0 aromatic heterocycles.